The molecule has 1 aliphatic heterocycles. The molecular weight excluding hydrogens is 178 g/mol. The Kier molecular flexibility index (Phi) is 2.30. The Morgan fingerprint density at radius 2 is 1.93 bits per heavy atom. The fourth-order valence-corrected chi connectivity index (χ4v) is 1.68. The van der Waals surface area contributed by atoms with E-state index in [2.05, 4.69) is 14.9 Å². The van der Waals surface area contributed by atoms with E-state index in [1.807, 2.05) is 0 Å². The first-order valence-corrected chi connectivity index (χ1v) is 4.69. The van der Waals surface area contributed by atoms with E-state index in [1.165, 1.54) is 12.8 Å². The fourth-order valence-electron chi connectivity index (χ4n) is 1.68. The van der Waals surface area contributed by atoms with E-state index in [0.29, 0.717) is 5.69 Å². The third-order valence-electron chi connectivity index (χ3n) is 2.34. The molecule has 2 rings (SSSR count). The van der Waals surface area contributed by atoms with Crippen molar-refractivity contribution in [3.63, 3.8) is 0 Å². The largest absolute Gasteiger partial charge is 0.382 e. The van der Waals surface area contributed by atoms with Gasteiger partial charge in [0.05, 0.1) is 0 Å². The second kappa shape index (κ2) is 3.61. The predicted molar refractivity (Wildman–Crippen MR) is 54.5 cm³/mol. The molecule has 1 saturated heterocycles. The molecule has 5 nitrogen and oxygen atoms in total. The van der Waals surface area contributed by atoms with Gasteiger partial charge in [0.15, 0.2) is 5.82 Å². The maximum absolute atomic E-state index is 7.39. The Balaban J connectivity index is 2.35. The van der Waals surface area contributed by atoms with Crippen molar-refractivity contribution in [2.75, 3.05) is 18.0 Å². The fraction of sp³-hybridized carbons (Fsp3) is 0.444. The number of hydrogen-bond acceptors (Lipinski definition) is 4. The molecule has 74 valence electrons. The zero-order valence-corrected chi connectivity index (χ0v) is 7.90. The number of aromatic nitrogens is 2. The molecule has 0 atom stereocenters. The first kappa shape index (κ1) is 8.93. The van der Waals surface area contributed by atoms with Crippen molar-refractivity contribution in [1.29, 1.82) is 5.41 Å². The Morgan fingerprint density at radius 3 is 2.57 bits per heavy atom. The summed E-state index contributed by atoms with van der Waals surface area (Å²) in [5.74, 6) is 0.734. The number of nitrogens with zero attached hydrogens (tertiary/aromatic N) is 3. The van der Waals surface area contributed by atoms with Crippen LogP contribution in [0.4, 0.5) is 5.82 Å². The number of nitrogens with two attached hydrogens (primary N) is 1. The lowest BCUT2D eigenvalue weighted by molar-refractivity contribution is 0.921. The van der Waals surface area contributed by atoms with Crippen molar-refractivity contribution in [3.05, 3.63) is 18.1 Å². The summed E-state index contributed by atoms with van der Waals surface area (Å²) >= 11 is 0. The van der Waals surface area contributed by atoms with Gasteiger partial charge in [0.1, 0.15) is 11.5 Å². The molecule has 1 aromatic heterocycles. The molecule has 0 radical (unpaired) electrons. The summed E-state index contributed by atoms with van der Waals surface area (Å²) in [4.78, 5) is 10.4. The lowest BCUT2D eigenvalue weighted by atomic mass is 10.3. The van der Waals surface area contributed by atoms with Crippen LogP contribution in [-0.2, 0) is 0 Å². The molecule has 0 aliphatic carbocycles. The molecule has 0 spiro atoms. The van der Waals surface area contributed by atoms with E-state index >= 15 is 0 Å². The summed E-state index contributed by atoms with van der Waals surface area (Å²) in [7, 11) is 0. The van der Waals surface area contributed by atoms with Crippen molar-refractivity contribution in [2.24, 2.45) is 5.73 Å². The SMILES string of the molecule is N=C(N)c1nccnc1N1CCCC1. The highest BCUT2D eigenvalue weighted by atomic mass is 15.2. The second-order valence-corrected chi connectivity index (χ2v) is 3.34. The lowest BCUT2D eigenvalue weighted by Crippen LogP contribution is -2.25. The zero-order chi connectivity index (χ0) is 9.97. The first-order valence-electron chi connectivity index (χ1n) is 4.69. The summed E-state index contributed by atoms with van der Waals surface area (Å²) in [6.45, 7) is 1.97. The van der Waals surface area contributed by atoms with Gasteiger partial charge in [-0.3, -0.25) is 5.41 Å². The van der Waals surface area contributed by atoms with Crippen LogP contribution in [-0.4, -0.2) is 28.9 Å². The molecule has 0 saturated carbocycles. The standard InChI is InChI=1S/C9H13N5/c10-8(11)7-9(13-4-3-12-7)14-5-1-2-6-14/h3-4H,1-2,5-6H2,(H3,10,11). The Labute approximate surface area is 82.5 Å². The van der Waals surface area contributed by atoms with Gasteiger partial charge in [-0.05, 0) is 12.8 Å². The van der Waals surface area contributed by atoms with E-state index in [0.717, 1.165) is 18.9 Å². The normalized spacial score (nSPS) is 15.9. The number of amidine groups is 1. The van der Waals surface area contributed by atoms with E-state index < -0.39 is 0 Å². The third kappa shape index (κ3) is 1.53. The molecule has 14 heavy (non-hydrogen) atoms. The maximum Gasteiger partial charge on any atom is 0.158 e. The molecule has 1 aliphatic rings. The molecule has 0 bridgehead atoms. The number of hydrogen-bond donors (Lipinski definition) is 2. The van der Waals surface area contributed by atoms with Crippen LogP contribution in [0.3, 0.4) is 0 Å². The quantitative estimate of drug-likeness (QED) is 0.522. The van der Waals surface area contributed by atoms with Gasteiger partial charge in [0, 0.05) is 25.5 Å². The highest BCUT2D eigenvalue weighted by Crippen LogP contribution is 2.19. The summed E-state index contributed by atoms with van der Waals surface area (Å²) in [5.41, 5.74) is 5.93. The van der Waals surface area contributed by atoms with Gasteiger partial charge in [-0.25, -0.2) is 9.97 Å². The van der Waals surface area contributed by atoms with E-state index in [9.17, 15) is 0 Å². The van der Waals surface area contributed by atoms with Gasteiger partial charge in [0.2, 0.25) is 0 Å². The van der Waals surface area contributed by atoms with Crippen molar-refractivity contribution in [2.45, 2.75) is 12.8 Å². The minimum atomic E-state index is -0.0139. The van der Waals surface area contributed by atoms with Gasteiger partial charge in [-0.15, -0.1) is 0 Å². The van der Waals surface area contributed by atoms with Crippen LogP contribution in [0.2, 0.25) is 0 Å². The third-order valence-corrected chi connectivity index (χ3v) is 2.34. The van der Waals surface area contributed by atoms with Crippen molar-refractivity contribution < 1.29 is 0 Å². The Morgan fingerprint density at radius 1 is 1.29 bits per heavy atom. The van der Waals surface area contributed by atoms with Gasteiger partial charge in [-0.2, -0.15) is 0 Å². The van der Waals surface area contributed by atoms with Crippen LogP contribution < -0.4 is 10.6 Å². The molecule has 0 amide bonds. The molecule has 3 N–H and O–H groups in total. The predicted octanol–water partition coefficient (Wildman–Crippen LogP) is 0.361. The average molecular weight is 191 g/mol. The van der Waals surface area contributed by atoms with Crippen molar-refractivity contribution >= 4 is 11.7 Å². The minimum absolute atomic E-state index is 0.0139. The van der Waals surface area contributed by atoms with Gasteiger partial charge in [0.25, 0.3) is 0 Å². The van der Waals surface area contributed by atoms with Gasteiger partial charge >= 0.3 is 0 Å². The minimum Gasteiger partial charge on any atom is -0.382 e. The van der Waals surface area contributed by atoms with Gasteiger partial charge in [-0.1, -0.05) is 0 Å². The number of nitrogen functional groups attached to an aromatic ring is 1. The molecule has 5 heteroatoms. The lowest BCUT2D eigenvalue weighted by Gasteiger charge is -2.17. The number of nitrogens with one attached hydrogen (secondary N) is 1. The highest BCUT2D eigenvalue weighted by molar-refractivity contribution is 5.97. The average Bonchev–Trinajstić information content (AvgIpc) is 2.70. The van der Waals surface area contributed by atoms with E-state index in [-0.39, 0.29) is 5.84 Å². The molecule has 1 aromatic rings. The monoisotopic (exact) mass is 191 g/mol. The van der Waals surface area contributed by atoms with E-state index in [4.69, 9.17) is 11.1 Å². The highest BCUT2D eigenvalue weighted by Gasteiger charge is 2.18. The molecule has 2 heterocycles. The smallest absolute Gasteiger partial charge is 0.158 e. The van der Waals surface area contributed by atoms with E-state index in [1.54, 1.807) is 12.4 Å². The number of rotatable bonds is 2. The Bertz CT molecular complexity index is 343. The Hall–Kier alpha value is -1.65. The maximum atomic E-state index is 7.39. The summed E-state index contributed by atoms with van der Waals surface area (Å²) < 4.78 is 0. The summed E-state index contributed by atoms with van der Waals surface area (Å²) in [6, 6.07) is 0. The second-order valence-electron chi connectivity index (χ2n) is 3.34. The summed E-state index contributed by atoms with van der Waals surface area (Å²) in [6.07, 6.45) is 5.55. The summed E-state index contributed by atoms with van der Waals surface area (Å²) in [5, 5.41) is 7.39. The van der Waals surface area contributed by atoms with Crippen LogP contribution in [0.15, 0.2) is 12.4 Å². The van der Waals surface area contributed by atoms with Crippen LogP contribution in [0.5, 0.6) is 0 Å². The molecular formula is C9H13N5. The first-order chi connectivity index (χ1) is 6.79. The molecule has 0 aromatic carbocycles. The van der Waals surface area contributed by atoms with Crippen molar-refractivity contribution in [1.82, 2.24) is 9.97 Å². The molecule has 1 fully saturated rings. The van der Waals surface area contributed by atoms with Crippen LogP contribution in [0, 0.1) is 5.41 Å². The van der Waals surface area contributed by atoms with Crippen LogP contribution in [0.1, 0.15) is 18.5 Å². The topological polar surface area (TPSA) is 78.9 Å². The van der Waals surface area contributed by atoms with Gasteiger partial charge < -0.3 is 10.6 Å². The molecule has 0 unspecified atom stereocenters. The van der Waals surface area contributed by atoms with Crippen molar-refractivity contribution in [3.8, 4) is 0 Å². The van der Waals surface area contributed by atoms with Crippen LogP contribution >= 0.6 is 0 Å². The zero-order valence-electron chi connectivity index (χ0n) is 7.90. The number of anilines is 1. The van der Waals surface area contributed by atoms with Crippen LogP contribution in [0.25, 0.3) is 0 Å².